The number of nitrogens with two attached hydrogens (primary N) is 1. The molecule has 23 heavy (non-hydrogen) atoms. The third kappa shape index (κ3) is 2.96. The first-order valence-corrected chi connectivity index (χ1v) is 8.34. The number of aromatic carboxylic acids is 1. The van der Waals surface area contributed by atoms with Crippen LogP contribution in [0.4, 0.5) is 0 Å². The van der Waals surface area contributed by atoms with E-state index in [-0.39, 0.29) is 10.6 Å². The molecule has 0 aliphatic rings. The minimum atomic E-state index is -3.83. The SMILES string of the molecule is NS(=O)(=O)c1ccc2c(c1)cc(C(=O)O)n2Cc1ccccc1. The molecule has 0 atom stereocenters. The molecule has 2 aromatic carbocycles. The lowest BCUT2D eigenvalue weighted by Crippen LogP contribution is -2.12. The molecule has 3 N–H and O–H groups in total. The van der Waals surface area contributed by atoms with Crippen LogP contribution in [-0.4, -0.2) is 24.1 Å². The van der Waals surface area contributed by atoms with Crippen LogP contribution in [0.2, 0.25) is 0 Å². The van der Waals surface area contributed by atoms with Gasteiger partial charge in [0.15, 0.2) is 0 Å². The topological polar surface area (TPSA) is 102 Å². The first-order valence-electron chi connectivity index (χ1n) is 6.79. The number of fused-ring (bicyclic) bond motifs is 1. The molecule has 0 fully saturated rings. The zero-order valence-corrected chi connectivity index (χ0v) is 12.8. The minimum absolute atomic E-state index is 0.0428. The van der Waals surface area contributed by atoms with Crippen molar-refractivity contribution in [2.24, 2.45) is 5.14 Å². The highest BCUT2D eigenvalue weighted by atomic mass is 32.2. The predicted octanol–water partition coefficient (Wildman–Crippen LogP) is 2.04. The Labute approximate surface area is 132 Å². The van der Waals surface area contributed by atoms with Gasteiger partial charge in [0.1, 0.15) is 5.69 Å². The van der Waals surface area contributed by atoms with E-state index in [9.17, 15) is 18.3 Å². The number of primary sulfonamides is 1. The first-order chi connectivity index (χ1) is 10.9. The second-order valence-electron chi connectivity index (χ2n) is 5.17. The molecule has 0 unspecified atom stereocenters. The fourth-order valence-corrected chi connectivity index (χ4v) is 3.09. The maximum atomic E-state index is 11.5. The molecule has 7 heteroatoms. The number of sulfonamides is 1. The second-order valence-corrected chi connectivity index (χ2v) is 6.73. The molecule has 0 saturated heterocycles. The number of nitrogens with zero attached hydrogens (tertiary/aromatic N) is 1. The van der Waals surface area contributed by atoms with Crippen molar-refractivity contribution in [1.29, 1.82) is 0 Å². The van der Waals surface area contributed by atoms with E-state index in [0.29, 0.717) is 17.4 Å². The average Bonchev–Trinajstić information content (AvgIpc) is 2.86. The van der Waals surface area contributed by atoms with Crippen LogP contribution in [0.5, 0.6) is 0 Å². The molecule has 0 aliphatic heterocycles. The van der Waals surface area contributed by atoms with Gasteiger partial charge in [0, 0.05) is 17.4 Å². The third-order valence-electron chi connectivity index (χ3n) is 3.60. The molecule has 0 aliphatic carbocycles. The number of carboxylic acid groups (broad SMARTS) is 1. The molecular weight excluding hydrogens is 316 g/mol. The number of carboxylic acids is 1. The first kappa shape index (κ1) is 15.3. The van der Waals surface area contributed by atoms with Crippen molar-refractivity contribution < 1.29 is 18.3 Å². The van der Waals surface area contributed by atoms with E-state index < -0.39 is 16.0 Å². The summed E-state index contributed by atoms with van der Waals surface area (Å²) in [5.41, 5.74) is 1.68. The smallest absolute Gasteiger partial charge is 0.352 e. The van der Waals surface area contributed by atoms with Gasteiger partial charge in [0.05, 0.1) is 4.90 Å². The van der Waals surface area contributed by atoms with E-state index in [1.807, 2.05) is 30.3 Å². The van der Waals surface area contributed by atoms with E-state index in [1.165, 1.54) is 18.2 Å². The highest BCUT2D eigenvalue weighted by Crippen LogP contribution is 2.24. The highest BCUT2D eigenvalue weighted by molar-refractivity contribution is 7.89. The number of rotatable bonds is 4. The monoisotopic (exact) mass is 330 g/mol. The van der Waals surface area contributed by atoms with Crippen LogP contribution >= 0.6 is 0 Å². The fraction of sp³-hybridized carbons (Fsp3) is 0.0625. The van der Waals surface area contributed by atoms with Gasteiger partial charge < -0.3 is 9.67 Å². The largest absolute Gasteiger partial charge is 0.477 e. The lowest BCUT2D eigenvalue weighted by Gasteiger charge is -2.09. The summed E-state index contributed by atoms with van der Waals surface area (Å²) >= 11 is 0. The summed E-state index contributed by atoms with van der Waals surface area (Å²) in [7, 11) is -3.83. The predicted molar refractivity (Wildman–Crippen MR) is 85.8 cm³/mol. The summed E-state index contributed by atoms with van der Waals surface area (Å²) in [6.07, 6.45) is 0. The molecule has 3 rings (SSSR count). The Hall–Kier alpha value is -2.64. The number of aromatic nitrogens is 1. The van der Waals surface area contributed by atoms with Crippen molar-refractivity contribution in [3.8, 4) is 0 Å². The summed E-state index contributed by atoms with van der Waals surface area (Å²) in [4.78, 5) is 11.5. The normalized spacial score (nSPS) is 11.7. The maximum Gasteiger partial charge on any atom is 0.352 e. The van der Waals surface area contributed by atoms with Crippen LogP contribution in [0.3, 0.4) is 0 Å². The number of benzene rings is 2. The third-order valence-corrected chi connectivity index (χ3v) is 4.51. The summed E-state index contributed by atoms with van der Waals surface area (Å²) in [5, 5.41) is 15.1. The molecule has 0 bridgehead atoms. The summed E-state index contributed by atoms with van der Waals surface area (Å²) < 4.78 is 24.5. The number of hydrogen-bond donors (Lipinski definition) is 2. The average molecular weight is 330 g/mol. The van der Waals surface area contributed by atoms with Crippen molar-refractivity contribution in [2.45, 2.75) is 11.4 Å². The summed E-state index contributed by atoms with van der Waals surface area (Å²) in [6, 6.07) is 15.2. The fourth-order valence-electron chi connectivity index (χ4n) is 2.54. The minimum Gasteiger partial charge on any atom is -0.477 e. The zero-order valence-electron chi connectivity index (χ0n) is 12.0. The van der Waals surface area contributed by atoms with Gasteiger partial charge >= 0.3 is 5.97 Å². The van der Waals surface area contributed by atoms with E-state index in [2.05, 4.69) is 0 Å². The molecular formula is C16H14N2O4S. The van der Waals surface area contributed by atoms with Gasteiger partial charge in [-0.05, 0) is 29.8 Å². The van der Waals surface area contributed by atoms with Crippen LogP contribution in [0.1, 0.15) is 16.1 Å². The second kappa shape index (κ2) is 5.53. The van der Waals surface area contributed by atoms with E-state index in [1.54, 1.807) is 10.6 Å². The van der Waals surface area contributed by atoms with Crippen LogP contribution < -0.4 is 5.14 Å². The van der Waals surface area contributed by atoms with Crippen molar-refractivity contribution in [3.05, 3.63) is 65.9 Å². The van der Waals surface area contributed by atoms with Gasteiger partial charge in [-0.1, -0.05) is 30.3 Å². The van der Waals surface area contributed by atoms with Gasteiger partial charge in [-0.25, -0.2) is 18.4 Å². The van der Waals surface area contributed by atoms with Crippen LogP contribution in [-0.2, 0) is 16.6 Å². The molecule has 118 valence electrons. The molecule has 3 aromatic rings. The highest BCUT2D eigenvalue weighted by Gasteiger charge is 2.17. The van der Waals surface area contributed by atoms with Crippen LogP contribution in [0, 0.1) is 0 Å². The van der Waals surface area contributed by atoms with Crippen molar-refractivity contribution in [1.82, 2.24) is 4.57 Å². The molecule has 0 radical (unpaired) electrons. The molecule has 6 nitrogen and oxygen atoms in total. The van der Waals surface area contributed by atoms with E-state index in [0.717, 1.165) is 5.56 Å². The summed E-state index contributed by atoms with van der Waals surface area (Å²) in [5.74, 6) is -1.07. The Balaban J connectivity index is 2.19. The van der Waals surface area contributed by atoms with Gasteiger partial charge in [-0.3, -0.25) is 0 Å². The Morgan fingerprint density at radius 1 is 1.09 bits per heavy atom. The quantitative estimate of drug-likeness (QED) is 0.764. The van der Waals surface area contributed by atoms with Crippen molar-refractivity contribution in [2.75, 3.05) is 0 Å². The Morgan fingerprint density at radius 3 is 2.39 bits per heavy atom. The Morgan fingerprint density at radius 2 is 1.78 bits per heavy atom. The van der Waals surface area contributed by atoms with Crippen molar-refractivity contribution in [3.63, 3.8) is 0 Å². The van der Waals surface area contributed by atoms with Gasteiger partial charge in [0.25, 0.3) is 0 Å². The van der Waals surface area contributed by atoms with Gasteiger partial charge in [-0.2, -0.15) is 0 Å². The Bertz CT molecular complexity index is 992. The van der Waals surface area contributed by atoms with E-state index >= 15 is 0 Å². The van der Waals surface area contributed by atoms with Crippen LogP contribution in [0.25, 0.3) is 10.9 Å². The molecule has 1 heterocycles. The van der Waals surface area contributed by atoms with Crippen LogP contribution in [0.15, 0.2) is 59.5 Å². The Kier molecular flexibility index (Phi) is 3.67. The van der Waals surface area contributed by atoms with E-state index in [4.69, 9.17) is 5.14 Å². The molecule has 1 aromatic heterocycles. The molecule has 0 saturated carbocycles. The maximum absolute atomic E-state index is 11.5. The number of hydrogen-bond acceptors (Lipinski definition) is 3. The lowest BCUT2D eigenvalue weighted by molar-refractivity contribution is 0.0686. The summed E-state index contributed by atoms with van der Waals surface area (Å²) in [6.45, 7) is 0.376. The van der Waals surface area contributed by atoms with Gasteiger partial charge in [-0.15, -0.1) is 0 Å². The lowest BCUT2D eigenvalue weighted by atomic mass is 10.2. The molecule has 0 amide bonds. The standard InChI is InChI=1S/C16H14N2O4S/c17-23(21,22)13-6-7-14-12(8-13)9-15(16(19)20)18(14)10-11-4-2-1-3-5-11/h1-9H,10H2,(H,19,20)(H2,17,21,22). The van der Waals surface area contributed by atoms with Gasteiger partial charge in [0.2, 0.25) is 10.0 Å². The van der Waals surface area contributed by atoms with Crippen molar-refractivity contribution >= 4 is 26.9 Å². The molecule has 0 spiro atoms. The number of carbonyl (C=O) groups is 1. The zero-order chi connectivity index (χ0) is 16.6.